The molecule has 2 fully saturated rings. The number of sulfone groups is 1. The van der Waals surface area contributed by atoms with Crippen LogP contribution in [0.3, 0.4) is 0 Å². The number of hydrogen-bond acceptors (Lipinski definition) is 19. The van der Waals surface area contributed by atoms with E-state index in [1.54, 1.807) is 56.3 Å². The lowest BCUT2D eigenvalue weighted by molar-refractivity contribution is -0.149. The number of para-hydroxylation sites is 1. The summed E-state index contributed by atoms with van der Waals surface area (Å²) in [5.74, 6) is -0.670. The van der Waals surface area contributed by atoms with Crippen LogP contribution in [-0.2, 0) is 47.9 Å². The number of aromatic nitrogens is 2. The Bertz CT molecular complexity index is 2920. The topological polar surface area (TPSA) is 258 Å². The number of nitrogens with one attached hydrogen (secondary N) is 4. The molecule has 80 heavy (non-hydrogen) atoms. The summed E-state index contributed by atoms with van der Waals surface area (Å²) in [6.45, 7) is 15.6. The SMILES string of the molecule is Cc1cc(Nc2ncc(Cl)c(Nc3ccccc3S(=O)(=O)C(C)C)n2)c(OC(C)C)cc1C1CCN(CC(=O)NCCOCCOCCOCCOCCOCCNc2cccc3c2C(=O)N(C2CCC(=O)N(C)C2=O)C3=O)CC1. The maximum absolute atomic E-state index is 13.4. The van der Waals surface area contributed by atoms with E-state index >= 15 is 0 Å². The van der Waals surface area contributed by atoms with Crippen molar-refractivity contribution in [1.29, 1.82) is 0 Å². The van der Waals surface area contributed by atoms with Crippen molar-refractivity contribution in [2.45, 2.75) is 88.5 Å². The number of halogens is 1. The Labute approximate surface area is 472 Å². The summed E-state index contributed by atoms with van der Waals surface area (Å²) >= 11 is 6.51. The van der Waals surface area contributed by atoms with Crippen molar-refractivity contribution in [3.05, 3.63) is 88.1 Å². The number of rotatable bonds is 31. The van der Waals surface area contributed by atoms with E-state index in [2.05, 4.69) is 49.1 Å². The molecule has 4 heterocycles. The summed E-state index contributed by atoms with van der Waals surface area (Å²) in [6.07, 6.45) is 3.27. The molecule has 24 heteroatoms. The van der Waals surface area contributed by atoms with E-state index in [-0.39, 0.29) is 69.5 Å². The quantitative estimate of drug-likeness (QED) is 0.0326. The number of carbonyl (C=O) groups is 5. The third-order valence-corrected chi connectivity index (χ3v) is 16.2. The number of imide groups is 2. The van der Waals surface area contributed by atoms with Crippen LogP contribution in [0.5, 0.6) is 5.75 Å². The fourth-order valence-electron chi connectivity index (χ4n) is 9.46. The molecule has 0 aliphatic carbocycles. The van der Waals surface area contributed by atoms with Crippen LogP contribution < -0.4 is 26.0 Å². The van der Waals surface area contributed by atoms with Crippen LogP contribution in [0.2, 0.25) is 5.02 Å². The molecule has 2 saturated heterocycles. The molecular weight excluding hydrogens is 1070 g/mol. The van der Waals surface area contributed by atoms with Gasteiger partial charge in [0.1, 0.15) is 16.8 Å². The van der Waals surface area contributed by atoms with E-state index < -0.39 is 38.9 Å². The van der Waals surface area contributed by atoms with Crippen LogP contribution in [0.25, 0.3) is 0 Å². The molecule has 4 N–H and O–H groups in total. The Morgan fingerprint density at radius 2 is 1.39 bits per heavy atom. The largest absolute Gasteiger partial charge is 0.489 e. The van der Waals surface area contributed by atoms with E-state index in [1.807, 2.05) is 19.9 Å². The minimum atomic E-state index is -3.59. The first kappa shape index (κ1) is 61.3. The molecule has 3 aliphatic heterocycles. The van der Waals surface area contributed by atoms with E-state index in [0.717, 1.165) is 41.3 Å². The van der Waals surface area contributed by atoms with Crippen molar-refractivity contribution in [3.8, 4) is 5.75 Å². The molecule has 4 aromatic rings. The van der Waals surface area contributed by atoms with Gasteiger partial charge in [-0.15, -0.1) is 0 Å². The van der Waals surface area contributed by atoms with Gasteiger partial charge in [-0.1, -0.05) is 29.8 Å². The highest BCUT2D eigenvalue weighted by Gasteiger charge is 2.47. The maximum atomic E-state index is 13.4. The predicted octanol–water partition coefficient (Wildman–Crippen LogP) is 6.13. The molecule has 1 unspecified atom stereocenters. The highest BCUT2D eigenvalue weighted by Crippen LogP contribution is 2.39. The summed E-state index contributed by atoms with van der Waals surface area (Å²) in [7, 11) is -2.24. The zero-order valence-corrected chi connectivity index (χ0v) is 47.9. The summed E-state index contributed by atoms with van der Waals surface area (Å²) in [5, 5.41) is 12.1. The first-order valence-corrected chi connectivity index (χ1v) is 29.0. The van der Waals surface area contributed by atoms with E-state index in [0.29, 0.717) is 109 Å². The second-order valence-electron chi connectivity index (χ2n) is 20.0. The second kappa shape index (κ2) is 29.4. The Kier molecular flexibility index (Phi) is 22.5. The van der Waals surface area contributed by atoms with Crippen molar-refractivity contribution in [2.24, 2.45) is 0 Å². The van der Waals surface area contributed by atoms with Crippen molar-refractivity contribution in [2.75, 3.05) is 122 Å². The van der Waals surface area contributed by atoms with Gasteiger partial charge in [-0.25, -0.2) is 13.4 Å². The average Bonchev–Trinajstić information content (AvgIpc) is 3.69. The zero-order valence-electron chi connectivity index (χ0n) is 46.3. The first-order chi connectivity index (χ1) is 38.4. The van der Waals surface area contributed by atoms with Gasteiger partial charge in [0.2, 0.25) is 17.8 Å². The lowest BCUT2D eigenvalue weighted by Gasteiger charge is -2.32. The average molecular weight is 1150 g/mol. The van der Waals surface area contributed by atoms with E-state index in [9.17, 15) is 32.4 Å². The normalized spacial score (nSPS) is 16.2. The highest BCUT2D eigenvalue weighted by atomic mass is 35.5. The molecule has 0 radical (unpaired) electrons. The first-order valence-electron chi connectivity index (χ1n) is 27.1. The van der Waals surface area contributed by atoms with E-state index in [4.69, 9.17) is 40.0 Å². The lowest BCUT2D eigenvalue weighted by Crippen LogP contribution is -2.54. The Hall–Kier alpha value is -6.31. The number of benzene rings is 3. The summed E-state index contributed by atoms with van der Waals surface area (Å²) in [4.78, 5) is 77.3. The van der Waals surface area contributed by atoms with Gasteiger partial charge in [0.05, 0.1) is 118 Å². The molecule has 7 rings (SSSR count). The second-order valence-corrected chi connectivity index (χ2v) is 22.9. The number of anilines is 5. The molecule has 0 spiro atoms. The van der Waals surface area contributed by atoms with Crippen molar-refractivity contribution < 1.29 is 60.8 Å². The van der Waals surface area contributed by atoms with Crippen molar-refractivity contribution >= 4 is 79.8 Å². The van der Waals surface area contributed by atoms with Gasteiger partial charge in [0.25, 0.3) is 17.7 Å². The number of hydrogen-bond donors (Lipinski definition) is 4. The van der Waals surface area contributed by atoms with Gasteiger partial charge in [-0.2, -0.15) is 4.98 Å². The maximum Gasteiger partial charge on any atom is 0.264 e. The van der Waals surface area contributed by atoms with Crippen molar-refractivity contribution in [3.63, 3.8) is 0 Å². The number of amides is 5. The fourth-order valence-corrected chi connectivity index (χ4v) is 10.8. The van der Waals surface area contributed by atoms with Crippen LogP contribution in [-0.4, -0.2) is 186 Å². The van der Waals surface area contributed by atoms with Gasteiger partial charge in [-0.3, -0.25) is 38.7 Å². The third-order valence-electron chi connectivity index (χ3n) is 13.7. The number of likely N-dealkylation sites (tertiary alicyclic amines) is 2. The minimum Gasteiger partial charge on any atom is -0.489 e. The van der Waals surface area contributed by atoms with Crippen LogP contribution in [0.4, 0.5) is 28.8 Å². The van der Waals surface area contributed by atoms with Gasteiger partial charge in [0.15, 0.2) is 15.7 Å². The predicted molar refractivity (Wildman–Crippen MR) is 301 cm³/mol. The van der Waals surface area contributed by atoms with Gasteiger partial charge in [-0.05, 0) is 120 Å². The van der Waals surface area contributed by atoms with Crippen LogP contribution in [0.15, 0.2) is 65.7 Å². The number of carbonyl (C=O) groups excluding carboxylic acids is 5. The number of nitrogens with zero attached hydrogens (tertiary/aromatic N) is 5. The van der Waals surface area contributed by atoms with Gasteiger partial charge in [0, 0.05) is 32.2 Å². The third kappa shape index (κ3) is 16.2. The monoisotopic (exact) mass is 1150 g/mol. The van der Waals surface area contributed by atoms with Crippen LogP contribution >= 0.6 is 11.6 Å². The molecule has 0 saturated carbocycles. The van der Waals surface area contributed by atoms with Crippen molar-refractivity contribution in [1.82, 2.24) is 30.0 Å². The van der Waals surface area contributed by atoms with Gasteiger partial charge < -0.3 is 49.7 Å². The Balaban J connectivity index is 0.704. The number of likely N-dealkylation sites (N-methyl/N-ethyl adjacent to an activating group) is 1. The lowest BCUT2D eigenvalue weighted by atomic mass is 9.86. The molecule has 3 aromatic carbocycles. The zero-order chi connectivity index (χ0) is 57.3. The Morgan fingerprint density at radius 1 is 0.762 bits per heavy atom. The van der Waals surface area contributed by atoms with Gasteiger partial charge >= 0.3 is 0 Å². The fraction of sp³-hybridized carbons (Fsp3) is 0.518. The standard InChI is InChI=1S/C56H74ClN9O13S/c1-36(2)79-47-33-41(38(5)32-45(47)62-56-60-34-42(57)52(63-56)61-43-11-7-8-13-48(43)80(72,73)37(3)4)39-16-20-65(21-17-39)35-49(67)59-19-23-75-25-27-77-29-31-78-30-28-76-26-24-74-22-18-58-44-12-9-10-40-51(44)55(71)66(53(40)69)46-14-15-50(68)64(6)54(46)70/h7-13,32-34,36-37,39,46,58H,14-31,35H2,1-6H3,(H,59,67)(H2,60,61,62,63). The molecule has 1 atom stereocenters. The molecule has 5 amide bonds. The molecule has 434 valence electrons. The van der Waals surface area contributed by atoms with Crippen LogP contribution in [0.1, 0.15) is 91.1 Å². The molecule has 0 bridgehead atoms. The molecule has 1 aromatic heterocycles. The molecular formula is C56H74ClN9O13S. The summed E-state index contributed by atoms with van der Waals surface area (Å²) in [6, 6.07) is 14.7. The minimum absolute atomic E-state index is 0.0538. The number of fused-ring (bicyclic) bond motifs is 1. The van der Waals surface area contributed by atoms with Crippen LogP contribution in [0, 0.1) is 6.92 Å². The van der Waals surface area contributed by atoms with E-state index in [1.165, 1.54) is 18.8 Å². The molecule has 3 aliphatic rings. The molecule has 22 nitrogen and oxygen atoms in total. The highest BCUT2D eigenvalue weighted by molar-refractivity contribution is 7.92. The smallest absolute Gasteiger partial charge is 0.264 e. The summed E-state index contributed by atoms with van der Waals surface area (Å²) < 4.78 is 60.5. The number of ether oxygens (including phenoxy) is 6. The summed E-state index contributed by atoms with van der Waals surface area (Å²) in [5.41, 5.74) is 4.16. The Morgan fingerprint density at radius 3 is 2.04 bits per heavy atom. The number of aryl methyl sites for hydroxylation is 1. The number of piperidine rings is 2.